The number of hydrogen-bond donors (Lipinski definition) is 0. The predicted octanol–water partition coefficient (Wildman–Crippen LogP) is 3.08. The molecule has 1 aromatic rings. The summed E-state index contributed by atoms with van der Waals surface area (Å²) in [6.07, 6.45) is 9.51. The molecule has 1 aliphatic carbocycles. The molecule has 126 valence electrons. The van der Waals surface area contributed by atoms with Gasteiger partial charge in [0.05, 0.1) is 11.3 Å². The SMILES string of the molecule is COCCC[C@H]1CCCCN1C(=O)c1cnc(C2CC2)nc1C. The number of carbonyl (C=O) groups is 1. The van der Waals surface area contributed by atoms with E-state index in [-0.39, 0.29) is 5.91 Å². The molecule has 2 fully saturated rings. The molecule has 0 spiro atoms. The second-order valence-electron chi connectivity index (χ2n) is 6.78. The van der Waals surface area contributed by atoms with Crippen LogP contribution in [0.3, 0.4) is 0 Å². The molecule has 1 amide bonds. The molecule has 1 aromatic heterocycles. The molecule has 0 unspecified atom stereocenters. The molecule has 23 heavy (non-hydrogen) atoms. The summed E-state index contributed by atoms with van der Waals surface area (Å²) in [5.41, 5.74) is 1.50. The van der Waals surface area contributed by atoms with Crippen LogP contribution >= 0.6 is 0 Å². The van der Waals surface area contributed by atoms with Gasteiger partial charge >= 0.3 is 0 Å². The highest BCUT2D eigenvalue weighted by Gasteiger charge is 2.30. The standard InChI is InChI=1S/C18H27N3O2/c1-13-16(12-19-17(20-13)14-8-9-14)18(22)21-10-4-3-6-15(21)7-5-11-23-2/h12,14-15H,3-11H2,1-2H3/t15-/m1/s1. The van der Waals surface area contributed by atoms with E-state index in [0.717, 1.165) is 50.4 Å². The van der Waals surface area contributed by atoms with Crippen molar-refractivity contribution in [2.75, 3.05) is 20.3 Å². The number of likely N-dealkylation sites (tertiary alicyclic amines) is 1. The minimum atomic E-state index is 0.104. The Morgan fingerprint density at radius 1 is 1.35 bits per heavy atom. The fourth-order valence-electron chi connectivity index (χ4n) is 3.42. The van der Waals surface area contributed by atoms with E-state index < -0.39 is 0 Å². The van der Waals surface area contributed by atoms with Gasteiger partial charge in [-0.2, -0.15) is 0 Å². The predicted molar refractivity (Wildman–Crippen MR) is 88.5 cm³/mol. The third-order valence-corrected chi connectivity index (χ3v) is 4.94. The molecule has 1 saturated heterocycles. The van der Waals surface area contributed by atoms with Crippen LogP contribution in [0.25, 0.3) is 0 Å². The summed E-state index contributed by atoms with van der Waals surface area (Å²) in [4.78, 5) is 24.0. The Labute approximate surface area is 138 Å². The molecule has 2 heterocycles. The average Bonchev–Trinajstić information content (AvgIpc) is 3.40. The van der Waals surface area contributed by atoms with E-state index in [9.17, 15) is 4.79 Å². The smallest absolute Gasteiger partial charge is 0.257 e. The Hall–Kier alpha value is -1.49. The van der Waals surface area contributed by atoms with Crippen LogP contribution in [0.1, 0.15) is 72.7 Å². The highest BCUT2D eigenvalue weighted by atomic mass is 16.5. The van der Waals surface area contributed by atoms with Gasteiger partial charge in [-0.1, -0.05) is 0 Å². The van der Waals surface area contributed by atoms with Gasteiger partial charge in [0, 0.05) is 38.4 Å². The van der Waals surface area contributed by atoms with Crippen LogP contribution in [-0.4, -0.2) is 47.1 Å². The van der Waals surface area contributed by atoms with Gasteiger partial charge in [0.15, 0.2) is 0 Å². The first-order valence-electron chi connectivity index (χ1n) is 8.84. The second kappa shape index (κ2) is 7.39. The summed E-state index contributed by atoms with van der Waals surface area (Å²) in [5, 5.41) is 0. The van der Waals surface area contributed by atoms with Crippen molar-refractivity contribution in [1.82, 2.24) is 14.9 Å². The molecule has 2 aliphatic rings. The minimum absolute atomic E-state index is 0.104. The molecular formula is C18H27N3O2. The quantitative estimate of drug-likeness (QED) is 0.757. The van der Waals surface area contributed by atoms with Gasteiger partial charge in [-0.25, -0.2) is 9.97 Å². The van der Waals surface area contributed by atoms with Crippen molar-refractivity contribution in [3.05, 3.63) is 23.3 Å². The first kappa shape index (κ1) is 16.4. The van der Waals surface area contributed by atoms with Crippen molar-refractivity contribution in [2.24, 2.45) is 0 Å². The van der Waals surface area contributed by atoms with E-state index in [2.05, 4.69) is 9.97 Å². The van der Waals surface area contributed by atoms with Crippen LogP contribution < -0.4 is 0 Å². The number of aryl methyl sites for hydroxylation is 1. The second-order valence-corrected chi connectivity index (χ2v) is 6.78. The van der Waals surface area contributed by atoms with E-state index in [4.69, 9.17) is 4.74 Å². The Bertz CT molecular complexity index is 557. The molecule has 5 heteroatoms. The van der Waals surface area contributed by atoms with Crippen molar-refractivity contribution in [3.63, 3.8) is 0 Å². The average molecular weight is 317 g/mol. The molecule has 0 bridgehead atoms. The number of nitrogens with zero attached hydrogens (tertiary/aromatic N) is 3. The third-order valence-electron chi connectivity index (χ3n) is 4.94. The van der Waals surface area contributed by atoms with Gasteiger partial charge in [0.2, 0.25) is 0 Å². The largest absolute Gasteiger partial charge is 0.385 e. The summed E-state index contributed by atoms with van der Waals surface area (Å²) in [7, 11) is 1.73. The first-order chi connectivity index (χ1) is 11.2. The number of carbonyl (C=O) groups excluding carboxylic acids is 1. The fourth-order valence-corrected chi connectivity index (χ4v) is 3.42. The van der Waals surface area contributed by atoms with Gasteiger partial charge in [0.25, 0.3) is 5.91 Å². The summed E-state index contributed by atoms with van der Waals surface area (Å²) in [6, 6.07) is 0.328. The molecular weight excluding hydrogens is 290 g/mol. The van der Waals surface area contributed by atoms with Crippen molar-refractivity contribution in [2.45, 2.75) is 63.8 Å². The zero-order chi connectivity index (χ0) is 16.2. The van der Waals surface area contributed by atoms with Crippen LogP contribution in [-0.2, 0) is 4.74 Å². The van der Waals surface area contributed by atoms with E-state index in [0.29, 0.717) is 17.5 Å². The lowest BCUT2D eigenvalue weighted by atomic mass is 9.97. The molecule has 1 atom stereocenters. The normalized spacial score (nSPS) is 21.5. The van der Waals surface area contributed by atoms with Crippen LogP contribution in [0.15, 0.2) is 6.20 Å². The summed E-state index contributed by atoms with van der Waals surface area (Å²) < 4.78 is 5.15. The molecule has 0 radical (unpaired) electrons. The lowest BCUT2D eigenvalue weighted by Gasteiger charge is -2.36. The number of ether oxygens (including phenoxy) is 1. The van der Waals surface area contributed by atoms with E-state index in [1.54, 1.807) is 13.3 Å². The summed E-state index contributed by atoms with van der Waals surface area (Å²) >= 11 is 0. The summed E-state index contributed by atoms with van der Waals surface area (Å²) in [6.45, 7) is 3.54. The number of aromatic nitrogens is 2. The molecule has 5 nitrogen and oxygen atoms in total. The topological polar surface area (TPSA) is 55.3 Å². The number of piperidine rings is 1. The van der Waals surface area contributed by atoms with Gasteiger partial charge in [-0.05, 0) is 51.9 Å². The fraction of sp³-hybridized carbons (Fsp3) is 0.722. The molecule has 0 aromatic carbocycles. The van der Waals surface area contributed by atoms with Crippen molar-refractivity contribution < 1.29 is 9.53 Å². The number of methoxy groups -OCH3 is 1. The number of hydrogen-bond acceptors (Lipinski definition) is 4. The highest BCUT2D eigenvalue weighted by Crippen LogP contribution is 2.38. The van der Waals surface area contributed by atoms with Crippen LogP contribution in [0.5, 0.6) is 0 Å². The first-order valence-corrected chi connectivity index (χ1v) is 8.84. The monoisotopic (exact) mass is 317 g/mol. The lowest BCUT2D eigenvalue weighted by Crippen LogP contribution is -2.44. The van der Waals surface area contributed by atoms with Crippen LogP contribution in [0.2, 0.25) is 0 Å². The maximum atomic E-state index is 13.0. The van der Waals surface area contributed by atoms with Crippen LogP contribution in [0.4, 0.5) is 0 Å². The molecule has 0 N–H and O–H groups in total. The van der Waals surface area contributed by atoms with E-state index in [1.807, 2.05) is 11.8 Å². The maximum absolute atomic E-state index is 13.0. The van der Waals surface area contributed by atoms with Gasteiger partial charge in [0.1, 0.15) is 5.82 Å². The van der Waals surface area contributed by atoms with Gasteiger partial charge < -0.3 is 9.64 Å². The Kier molecular flexibility index (Phi) is 5.26. The zero-order valence-corrected chi connectivity index (χ0v) is 14.3. The van der Waals surface area contributed by atoms with Crippen molar-refractivity contribution >= 4 is 5.91 Å². The van der Waals surface area contributed by atoms with E-state index >= 15 is 0 Å². The Morgan fingerprint density at radius 2 is 2.17 bits per heavy atom. The lowest BCUT2D eigenvalue weighted by molar-refractivity contribution is 0.0583. The van der Waals surface area contributed by atoms with E-state index in [1.165, 1.54) is 19.3 Å². The number of amides is 1. The van der Waals surface area contributed by atoms with Crippen molar-refractivity contribution in [1.29, 1.82) is 0 Å². The zero-order valence-electron chi connectivity index (χ0n) is 14.3. The van der Waals surface area contributed by atoms with Gasteiger partial charge in [-0.15, -0.1) is 0 Å². The third kappa shape index (κ3) is 3.89. The Balaban J connectivity index is 1.71. The van der Waals surface area contributed by atoms with Gasteiger partial charge in [-0.3, -0.25) is 4.79 Å². The summed E-state index contributed by atoms with van der Waals surface area (Å²) in [5.74, 6) is 1.54. The Morgan fingerprint density at radius 3 is 2.87 bits per heavy atom. The highest BCUT2D eigenvalue weighted by molar-refractivity contribution is 5.95. The van der Waals surface area contributed by atoms with Crippen molar-refractivity contribution in [3.8, 4) is 0 Å². The maximum Gasteiger partial charge on any atom is 0.257 e. The minimum Gasteiger partial charge on any atom is -0.385 e. The molecule has 3 rings (SSSR count). The molecule has 1 aliphatic heterocycles. The van der Waals surface area contributed by atoms with Crippen LogP contribution in [0, 0.1) is 6.92 Å². The molecule has 1 saturated carbocycles. The number of rotatable bonds is 6.